The van der Waals surface area contributed by atoms with E-state index in [1.54, 1.807) is 0 Å². The second kappa shape index (κ2) is 4.48. The third-order valence-corrected chi connectivity index (χ3v) is 2.67. The van der Waals surface area contributed by atoms with Crippen LogP contribution in [0.1, 0.15) is 39.5 Å². The molecule has 1 amide bonds. The number of carbonyl (C=O) groups is 1. The van der Waals surface area contributed by atoms with Gasteiger partial charge in [-0.3, -0.25) is 4.79 Å². The molecule has 1 N–H and O–H groups in total. The lowest BCUT2D eigenvalue weighted by Gasteiger charge is -2.12. The highest BCUT2D eigenvalue weighted by molar-refractivity contribution is 5.80. The number of carbonyl (C=O) groups excluding carboxylic acids is 1. The van der Waals surface area contributed by atoms with E-state index >= 15 is 0 Å². The van der Waals surface area contributed by atoms with Crippen molar-refractivity contribution < 1.29 is 4.79 Å². The Kier molecular flexibility index (Phi) is 3.57. The third-order valence-electron chi connectivity index (χ3n) is 2.67. The molecule has 1 fully saturated rings. The first-order chi connectivity index (χ1) is 5.77. The van der Waals surface area contributed by atoms with Gasteiger partial charge in [0, 0.05) is 12.5 Å². The van der Waals surface area contributed by atoms with Crippen molar-refractivity contribution in [3.05, 3.63) is 0 Å². The van der Waals surface area contributed by atoms with E-state index in [1.165, 1.54) is 12.8 Å². The Bertz CT molecular complexity index is 148. The summed E-state index contributed by atoms with van der Waals surface area (Å²) in [7, 11) is 0. The van der Waals surface area contributed by atoms with Gasteiger partial charge >= 0.3 is 0 Å². The predicted molar refractivity (Wildman–Crippen MR) is 49.8 cm³/mol. The van der Waals surface area contributed by atoms with Crippen molar-refractivity contribution in [1.82, 2.24) is 5.32 Å². The monoisotopic (exact) mass is 169 g/mol. The molecule has 2 heteroatoms. The zero-order valence-corrected chi connectivity index (χ0v) is 8.10. The lowest BCUT2D eigenvalue weighted by molar-refractivity contribution is -0.122. The summed E-state index contributed by atoms with van der Waals surface area (Å²) in [4.78, 5) is 11.2. The number of hydrogen-bond acceptors (Lipinski definition) is 1. The molecule has 0 spiro atoms. The molecule has 0 bridgehead atoms. The molecule has 1 saturated carbocycles. The van der Waals surface area contributed by atoms with Crippen LogP contribution in [-0.4, -0.2) is 12.5 Å². The number of nitrogens with one attached hydrogen (secondary N) is 1. The summed E-state index contributed by atoms with van der Waals surface area (Å²) >= 11 is 0. The SMILES string of the molecule is CCC(CC)CNC(=O)C1CC1. The Balaban J connectivity index is 2.09. The van der Waals surface area contributed by atoms with Crippen LogP contribution in [0.25, 0.3) is 0 Å². The first-order valence-corrected chi connectivity index (χ1v) is 5.05. The van der Waals surface area contributed by atoms with Gasteiger partial charge in [0.15, 0.2) is 0 Å². The smallest absolute Gasteiger partial charge is 0.223 e. The molecule has 0 saturated heterocycles. The Labute approximate surface area is 74.7 Å². The minimum Gasteiger partial charge on any atom is -0.356 e. The Morgan fingerprint density at radius 1 is 1.42 bits per heavy atom. The van der Waals surface area contributed by atoms with E-state index in [9.17, 15) is 4.79 Å². The number of amides is 1. The zero-order chi connectivity index (χ0) is 8.97. The molecule has 0 aromatic carbocycles. The van der Waals surface area contributed by atoms with Crippen LogP contribution in [0.3, 0.4) is 0 Å². The van der Waals surface area contributed by atoms with E-state index < -0.39 is 0 Å². The fraction of sp³-hybridized carbons (Fsp3) is 0.900. The molecule has 0 aromatic rings. The maximum Gasteiger partial charge on any atom is 0.223 e. The van der Waals surface area contributed by atoms with Gasteiger partial charge < -0.3 is 5.32 Å². The summed E-state index contributed by atoms with van der Waals surface area (Å²) < 4.78 is 0. The molecular weight excluding hydrogens is 150 g/mol. The van der Waals surface area contributed by atoms with Crippen molar-refractivity contribution >= 4 is 5.91 Å². The van der Waals surface area contributed by atoms with Gasteiger partial charge in [-0.05, 0) is 18.8 Å². The molecule has 0 atom stereocenters. The van der Waals surface area contributed by atoms with Crippen LogP contribution < -0.4 is 5.32 Å². The van der Waals surface area contributed by atoms with E-state index in [0.717, 1.165) is 19.4 Å². The van der Waals surface area contributed by atoms with Crippen molar-refractivity contribution in [1.29, 1.82) is 0 Å². The van der Waals surface area contributed by atoms with Gasteiger partial charge in [-0.25, -0.2) is 0 Å². The largest absolute Gasteiger partial charge is 0.356 e. The van der Waals surface area contributed by atoms with Gasteiger partial charge in [-0.2, -0.15) is 0 Å². The average molecular weight is 169 g/mol. The molecule has 1 aliphatic rings. The number of hydrogen-bond donors (Lipinski definition) is 1. The maximum absolute atomic E-state index is 11.2. The summed E-state index contributed by atoms with van der Waals surface area (Å²) in [5.41, 5.74) is 0. The van der Waals surface area contributed by atoms with Gasteiger partial charge in [-0.15, -0.1) is 0 Å². The topological polar surface area (TPSA) is 29.1 Å². The molecular formula is C10H19NO. The van der Waals surface area contributed by atoms with E-state index in [2.05, 4.69) is 19.2 Å². The van der Waals surface area contributed by atoms with Crippen molar-refractivity contribution in [3.63, 3.8) is 0 Å². The fourth-order valence-electron chi connectivity index (χ4n) is 1.31. The second-order valence-corrected chi connectivity index (χ2v) is 3.70. The summed E-state index contributed by atoms with van der Waals surface area (Å²) in [5.74, 6) is 1.31. The highest BCUT2D eigenvalue weighted by Gasteiger charge is 2.29. The maximum atomic E-state index is 11.2. The molecule has 0 aromatic heterocycles. The fourth-order valence-corrected chi connectivity index (χ4v) is 1.31. The minimum absolute atomic E-state index is 0.280. The van der Waals surface area contributed by atoms with Crippen LogP contribution >= 0.6 is 0 Å². The lowest BCUT2D eigenvalue weighted by atomic mass is 10.0. The Morgan fingerprint density at radius 3 is 2.42 bits per heavy atom. The van der Waals surface area contributed by atoms with E-state index in [1.807, 2.05) is 0 Å². The van der Waals surface area contributed by atoms with Crippen molar-refractivity contribution in [2.75, 3.05) is 6.54 Å². The molecule has 0 unspecified atom stereocenters. The van der Waals surface area contributed by atoms with Crippen LogP contribution in [0.15, 0.2) is 0 Å². The molecule has 0 aliphatic heterocycles. The van der Waals surface area contributed by atoms with Crippen molar-refractivity contribution in [2.45, 2.75) is 39.5 Å². The van der Waals surface area contributed by atoms with Gasteiger partial charge in [0.25, 0.3) is 0 Å². The molecule has 70 valence electrons. The second-order valence-electron chi connectivity index (χ2n) is 3.70. The molecule has 0 radical (unpaired) electrons. The Hall–Kier alpha value is -0.530. The Morgan fingerprint density at radius 2 is 2.00 bits per heavy atom. The number of rotatable bonds is 5. The van der Waals surface area contributed by atoms with Gasteiger partial charge in [0.2, 0.25) is 5.91 Å². The lowest BCUT2D eigenvalue weighted by Crippen LogP contribution is -2.29. The van der Waals surface area contributed by atoms with Gasteiger partial charge in [-0.1, -0.05) is 26.7 Å². The van der Waals surface area contributed by atoms with E-state index in [4.69, 9.17) is 0 Å². The summed E-state index contributed by atoms with van der Waals surface area (Å²) in [6, 6.07) is 0. The third kappa shape index (κ3) is 2.84. The van der Waals surface area contributed by atoms with Crippen LogP contribution in [0, 0.1) is 11.8 Å². The first kappa shape index (κ1) is 9.56. The summed E-state index contributed by atoms with van der Waals surface area (Å²) in [6.45, 7) is 5.23. The minimum atomic E-state index is 0.280. The molecule has 0 heterocycles. The zero-order valence-electron chi connectivity index (χ0n) is 8.10. The van der Waals surface area contributed by atoms with Crippen LogP contribution in [-0.2, 0) is 4.79 Å². The van der Waals surface area contributed by atoms with Gasteiger partial charge in [0.1, 0.15) is 0 Å². The quantitative estimate of drug-likeness (QED) is 0.669. The van der Waals surface area contributed by atoms with Gasteiger partial charge in [0.05, 0.1) is 0 Å². The van der Waals surface area contributed by atoms with Crippen LogP contribution in [0.2, 0.25) is 0 Å². The average Bonchev–Trinajstić information content (AvgIpc) is 2.88. The van der Waals surface area contributed by atoms with Crippen molar-refractivity contribution in [2.24, 2.45) is 11.8 Å². The standard InChI is InChI=1S/C10H19NO/c1-3-8(4-2)7-11-10(12)9-5-6-9/h8-9H,3-7H2,1-2H3,(H,11,12). The van der Waals surface area contributed by atoms with E-state index in [-0.39, 0.29) is 5.91 Å². The molecule has 1 rings (SSSR count). The van der Waals surface area contributed by atoms with E-state index in [0.29, 0.717) is 11.8 Å². The highest BCUT2D eigenvalue weighted by Crippen LogP contribution is 2.28. The normalized spacial score (nSPS) is 16.6. The van der Waals surface area contributed by atoms with Crippen molar-refractivity contribution in [3.8, 4) is 0 Å². The molecule has 2 nitrogen and oxygen atoms in total. The van der Waals surface area contributed by atoms with Crippen LogP contribution in [0.4, 0.5) is 0 Å². The molecule has 12 heavy (non-hydrogen) atoms. The van der Waals surface area contributed by atoms with Crippen LogP contribution in [0.5, 0.6) is 0 Å². The summed E-state index contributed by atoms with van der Waals surface area (Å²) in [5, 5.41) is 3.01. The summed E-state index contributed by atoms with van der Waals surface area (Å²) in [6.07, 6.45) is 4.55. The highest BCUT2D eigenvalue weighted by atomic mass is 16.2. The first-order valence-electron chi connectivity index (χ1n) is 5.05. The predicted octanol–water partition coefficient (Wildman–Crippen LogP) is 1.95. The molecule has 1 aliphatic carbocycles.